The normalized spacial score (nSPS) is 12.1. The maximum Gasteiger partial charge on any atom is 0.416 e. The van der Waals surface area contributed by atoms with Crippen LogP contribution >= 0.6 is 0 Å². The zero-order valence-corrected chi connectivity index (χ0v) is 16.1. The van der Waals surface area contributed by atoms with Crippen LogP contribution in [0.25, 0.3) is 0 Å². The van der Waals surface area contributed by atoms with Crippen LogP contribution in [0.4, 0.5) is 13.2 Å². The second-order valence-electron chi connectivity index (χ2n) is 6.25. The molecule has 152 valence electrons. The molecule has 0 heterocycles. The van der Waals surface area contributed by atoms with Crippen LogP contribution in [0.3, 0.4) is 0 Å². The van der Waals surface area contributed by atoms with E-state index in [1.807, 2.05) is 0 Å². The molecule has 0 bridgehead atoms. The van der Waals surface area contributed by atoms with Crippen LogP contribution in [-0.2, 0) is 16.0 Å². The highest BCUT2D eigenvalue weighted by Gasteiger charge is 2.30. The Morgan fingerprint density at radius 2 is 1.75 bits per heavy atom. The van der Waals surface area contributed by atoms with E-state index < -0.39 is 32.7 Å². The van der Waals surface area contributed by atoms with Gasteiger partial charge >= 0.3 is 6.18 Å². The molecule has 0 atom stereocenters. The molecule has 2 rings (SSSR count). The van der Waals surface area contributed by atoms with Gasteiger partial charge in [-0.15, -0.1) is 0 Å². The first kappa shape index (κ1) is 21.7. The summed E-state index contributed by atoms with van der Waals surface area (Å²) in [5.41, 5.74) is -0.549. The number of alkyl halides is 3. The molecule has 28 heavy (non-hydrogen) atoms. The fourth-order valence-corrected chi connectivity index (χ4v) is 3.33. The first-order valence-electron chi connectivity index (χ1n) is 8.44. The zero-order chi connectivity index (χ0) is 20.9. The lowest BCUT2D eigenvalue weighted by atomic mass is 10.2. The van der Waals surface area contributed by atoms with Crippen molar-refractivity contribution in [3.05, 3.63) is 59.7 Å². The van der Waals surface area contributed by atoms with Crippen molar-refractivity contribution < 1.29 is 31.1 Å². The van der Waals surface area contributed by atoms with E-state index in [2.05, 4.69) is 5.32 Å². The maximum atomic E-state index is 12.6. The maximum absolute atomic E-state index is 12.6. The molecule has 0 unspecified atom stereocenters. The first-order chi connectivity index (χ1) is 13.0. The second kappa shape index (κ2) is 8.64. The van der Waals surface area contributed by atoms with Crippen molar-refractivity contribution in [1.82, 2.24) is 5.32 Å². The number of hydrogen-bond acceptors (Lipinski definition) is 4. The molecule has 0 aliphatic heterocycles. The van der Waals surface area contributed by atoms with Crippen LogP contribution in [0.15, 0.2) is 53.4 Å². The summed E-state index contributed by atoms with van der Waals surface area (Å²) in [6, 6.07) is 9.99. The molecule has 0 saturated heterocycles. The molecule has 9 heteroatoms. The van der Waals surface area contributed by atoms with E-state index in [0.29, 0.717) is 0 Å². The van der Waals surface area contributed by atoms with Gasteiger partial charge in [-0.3, -0.25) is 4.79 Å². The lowest BCUT2D eigenvalue weighted by Gasteiger charge is -2.11. The van der Waals surface area contributed by atoms with E-state index in [1.54, 1.807) is 13.8 Å². The number of halogens is 3. The summed E-state index contributed by atoms with van der Waals surface area (Å²) >= 11 is 0. The summed E-state index contributed by atoms with van der Waals surface area (Å²) in [6.45, 7) is 3.19. The average molecular weight is 415 g/mol. The van der Waals surface area contributed by atoms with Crippen molar-refractivity contribution in [2.75, 3.05) is 13.2 Å². The van der Waals surface area contributed by atoms with E-state index in [4.69, 9.17) is 4.74 Å². The summed E-state index contributed by atoms with van der Waals surface area (Å²) in [5, 5.41) is 1.99. The smallest absolute Gasteiger partial charge is 0.416 e. The van der Waals surface area contributed by atoms with Gasteiger partial charge in [0.1, 0.15) is 12.4 Å². The Bertz CT molecular complexity index is 923. The number of carbonyl (C=O) groups excluding carboxylic acids is 1. The van der Waals surface area contributed by atoms with Gasteiger partial charge in [0.2, 0.25) is 0 Å². The number of hydrogen-bond donors (Lipinski definition) is 1. The summed E-state index contributed by atoms with van der Waals surface area (Å²) in [6.07, 6.45) is -4.46. The number of carbonyl (C=O) groups is 1. The van der Waals surface area contributed by atoms with Crippen LogP contribution < -0.4 is 10.1 Å². The Morgan fingerprint density at radius 3 is 2.32 bits per heavy atom. The fraction of sp³-hybridized carbons (Fsp3) is 0.316. The number of amides is 1. The summed E-state index contributed by atoms with van der Waals surface area (Å²) in [5.74, 6) is -0.395. The zero-order valence-electron chi connectivity index (χ0n) is 15.3. The largest absolute Gasteiger partial charge is 0.492 e. The number of benzene rings is 2. The van der Waals surface area contributed by atoms with Gasteiger partial charge < -0.3 is 10.1 Å². The van der Waals surface area contributed by atoms with E-state index in [1.165, 1.54) is 36.4 Å². The molecule has 0 spiro atoms. The van der Waals surface area contributed by atoms with Gasteiger partial charge in [-0.1, -0.05) is 6.07 Å². The van der Waals surface area contributed by atoms with Gasteiger partial charge in [-0.05, 0) is 56.3 Å². The van der Waals surface area contributed by atoms with Crippen molar-refractivity contribution in [1.29, 1.82) is 0 Å². The standard InChI is InChI=1S/C19H20F3NO4S/c1-13(2)28(25,26)17-8-6-14(7-9-17)18(24)23-10-11-27-16-5-3-4-15(12-16)19(20,21)22/h3-9,12-13H,10-11H2,1-2H3,(H,23,24). The molecular formula is C19H20F3NO4S. The van der Waals surface area contributed by atoms with E-state index in [9.17, 15) is 26.4 Å². The second-order valence-corrected chi connectivity index (χ2v) is 8.75. The molecule has 1 N–H and O–H groups in total. The molecule has 0 aliphatic carbocycles. The number of nitrogens with one attached hydrogen (secondary N) is 1. The molecule has 0 saturated carbocycles. The summed E-state index contributed by atoms with van der Waals surface area (Å²) in [7, 11) is -3.42. The van der Waals surface area contributed by atoms with Crippen LogP contribution in [-0.4, -0.2) is 32.7 Å². The third-order valence-corrected chi connectivity index (χ3v) is 6.05. The molecule has 0 radical (unpaired) electrons. The third kappa shape index (κ3) is 5.48. The van der Waals surface area contributed by atoms with Gasteiger partial charge in [0.15, 0.2) is 9.84 Å². The monoisotopic (exact) mass is 415 g/mol. The van der Waals surface area contributed by atoms with Crippen LogP contribution in [0.5, 0.6) is 5.75 Å². The first-order valence-corrected chi connectivity index (χ1v) is 9.98. The Kier molecular flexibility index (Phi) is 6.71. The molecule has 0 aromatic heterocycles. The predicted molar refractivity (Wildman–Crippen MR) is 98.0 cm³/mol. The SMILES string of the molecule is CC(C)S(=O)(=O)c1ccc(C(=O)NCCOc2cccc(C(F)(F)F)c2)cc1. The molecule has 5 nitrogen and oxygen atoms in total. The van der Waals surface area contributed by atoms with Crippen LogP contribution in [0.2, 0.25) is 0 Å². The van der Waals surface area contributed by atoms with Gasteiger partial charge in [0.25, 0.3) is 5.91 Å². The van der Waals surface area contributed by atoms with Crippen molar-refractivity contribution in [3.63, 3.8) is 0 Å². The van der Waals surface area contributed by atoms with Crippen LogP contribution in [0.1, 0.15) is 29.8 Å². The highest BCUT2D eigenvalue weighted by Crippen LogP contribution is 2.31. The molecule has 2 aromatic carbocycles. The number of rotatable bonds is 7. The predicted octanol–water partition coefficient (Wildman–Crippen LogP) is 3.70. The highest BCUT2D eigenvalue weighted by atomic mass is 32.2. The summed E-state index contributed by atoms with van der Waals surface area (Å²) < 4.78 is 67.3. The minimum absolute atomic E-state index is 0.0210. The van der Waals surface area contributed by atoms with E-state index in [0.717, 1.165) is 12.1 Å². The molecule has 2 aromatic rings. The third-order valence-electron chi connectivity index (χ3n) is 3.88. The Labute approximate surface area is 161 Å². The quantitative estimate of drug-likeness (QED) is 0.700. The van der Waals surface area contributed by atoms with Gasteiger partial charge in [0.05, 0.1) is 22.3 Å². The van der Waals surface area contributed by atoms with Gasteiger partial charge in [-0.25, -0.2) is 8.42 Å². The Morgan fingerprint density at radius 1 is 1.11 bits per heavy atom. The number of sulfone groups is 1. The topological polar surface area (TPSA) is 72.5 Å². The lowest BCUT2D eigenvalue weighted by molar-refractivity contribution is -0.137. The number of ether oxygens (including phenoxy) is 1. The summed E-state index contributed by atoms with van der Waals surface area (Å²) in [4.78, 5) is 12.2. The molecule has 0 fully saturated rings. The Hall–Kier alpha value is -2.55. The van der Waals surface area contributed by atoms with Crippen LogP contribution in [0, 0.1) is 0 Å². The fourth-order valence-electron chi connectivity index (χ4n) is 2.27. The molecular weight excluding hydrogens is 395 g/mol. The molecule has 0 aliphatic rings. The minimum atomic E-state index is -4.46. The van der Waals surface area contributed by atoms with E-state index >= 15 is 0 Å². The molecule has 1 amide bonds. The van der Waals surface area contributed by atoms with Crippen molar-refractivity contribution >= 4 is 15.7 Å². The minimum Gasteiger partial charge on any atom is -0.492 e. The van der Waals surface area contributed by atoms with E-state index in [-0.39, 0.29) is 29.4 Å². The van der Waals surface area contributed by atoms with Crippen molar-refractivity contribution in [3.8, 4) is 5.75 Å². The average Bonchev–Trinajstić information content (AvgIpc) is 2.64. The van der Waals surface area contributed by atoms with Crippen molar-refractivity contribution in [2.45, 2.75) is 30.2 Å². The van der Waals surface area contributed by atoms with Crippen molar-refractivity contribution in [2.24, 2.45) is 0 Å². The lowest BCUT2D eigenvalue weighted by Crippen LogP contribution is -2.28. The van der Waals surface area contributed by atoms with Gasteiger partial charge in [-0.2, -0.15) is 13.2 Å². The van der Waals surface area contributed by atoms with Gasteiger partial charge in [0, 0.05) is 5.56 Å². The Balaban J connectivity index is 1.88. The highest BCUT2D eigenvalue weighted by molar-refractivity contribution is 7.92.